The lowest BCUT2D eigenvalue weighted by atomic mass is 10.2. The second kappa shape index (κ2) is 8.25. The number of sulfonamides is 1. The van der Waals surface area contributed by atoms with E-state index in [1.165, 1.54) is 0 Å². The van der Waals surface area contributed by atoms with Crippen LogP contribution in [0.5, 0.6) is 0 Å². The number of nitrogens with zero attached hydrogens (tertiary/aromatic N) is 2. The average Bonchev–Trinajstić information content (AvgIpc) is 3.08. The van der Waals surface area contributed by atoms with Crippen molar-refractivity contribution < 1.29 is 18.1 Å². The van der Waals surface area contributed by atoms with Crippen LogP contribution in [-0.2, 0) is 10.0 Å². The monoisotopic (exact) mass is 452 g/mol. The Kier molecular flexibility index (Phi) is 5.94. The Hall–Kier alpha value is -2.86. The van der Waals surface area contributed by atoms with Gasteiger partial charge < -0.3 is 0 Å². The minimum atomic E-state index is -4.26. The minimum Gasteiger partial charge on any atom is -0.273 e. The maximum absolute atomic E-state index is 12.4. The van der Waals surface area contributed by atoms with E-state index in [4.69, 9.17) is 11.6 Å². The van der Waals surface area contributed by atoms with Crippen LogP contribution >= 0.6 is 22.9 Å². The average molecular weight is 453 g/mol. The fraction of sp³-hybridized carbons (Fsp3) is 0.0588. The Labute approximate surface area is 174 Å². The topological polar surface area (TPSA) is 131 Å². The van der Waals surface area contributed by atoms with Crippen molar-refractivity contribution in [2.24, 2.45) is 0 Å². The van der Waals surface area contributed by atoms with Gasteiger partial charge in [0.2, 0.25) is 0 Å². The van der Waals surface area contributed by atoms with Crippen molar-refractivity contribution >= 4 is 44.6 Å². The van der Waals surface area contributed by atoms with Crippen molar-refractivity contribution in [3.8, 4) is 10.6 Å². The summed E-state index contributed by atoms with van der Waals surface area (Å²) in [5.41, 5.74) is 2.80. The number of nitro benzene ring substituents is 1. The first-order valence-corrected chi connectivity index (χ1v) is 10.7. The molecular formula is C17H13ClN4O5S2. The molecule has 2 N–H and O–H groups in total. The number of hydrogen-bond acceptors (Lipinski definition) is 7. The normalized spacial score (nSPS) is 11.2. The number of benzene rings is 2. The number of hydrazine groups is 1. The quantitative estimate of drug-likeness (QED) is 0.435. The molecule has 0 atom stereocenters. The number of carbonyl (C=O) groups excluding carboxylic acids is 1. The third-order valence-electron chi connectivity index (χ3n) is 3.75. The highest BCUT2D eigenvalue weighted by atomic mass is 35.5. The van der Waals surface area contributed by atoms with Gasteiger partial charge in [-0.2, -0.15) is 0 Å². The van der Waals surface area contributed by atoms with Crippen LogP contribution in [0, 0.1) is 17.0 Å². The van der Waals surface area contributed by atoms with Crippen molar-refractivity contribution in [3.63, 3.8) is 0 Å². The highest BCUT2D eigenvalue weighted by Gasteiger charge is 2.23. The standard InChI is InChI=1S/C17H13ClN4O5S2/c1-10-15(28-17(19-10)11-5-3-2-4-6-11)16(23)20-21-29(26,27)12-7-8-13(18)14(9-12)22(24)25/h2-9,21H,1H3,(H,20,23). The Morgan fingerprint density at radius 1 is 1.21 bits per heavy atom. The Morgan fingerprint density at radius 3 is 2.55 bits per heavy atom. The number of rotatable bonds is 6. The molecule has 1 heterocycles. The minimum absolute atomic E-state index is 0.202. The van der Waals surface area contributed by atoms with Crippen LogP contribution in [0.2, 0.25) is 5.02 Å². The van der Waals surface area contributed by atoms with Gasteiger partial charge in [0.25, 0.3) is 21.6 Å². The predicted molar refractivity (Wildman–Crippen MR) is 108 cm³/mol. The first kappa shape index (κ1) is 20.9. The van der Waals surface area contributed by atoms with Gasteiger partial charge in [-0.3, -0.25) is 20.3 Å². The van der Waals surface area contributed by atoms with Gasteiger partial charge in [0.05, 0.1) is 15.5 Å². The zero-order chi connectivity index (χ0) is 21.2. The zero-order valence-corrected chi connectivity index (χ0v) is 17.1. The Bertz CT molecular complexity index is 1200. The molecule has 0 saturated carbocycles. The van der Waals surface area contributed by atoms with Crippen LogP contribution in [0.15, 0.2) is 53.4 Å². The summed E-state index contributed by atoms with van der Waals surface area (Å²) >= 11 is 6.80. The summed E-state index contributed by atoms with van der Waals surface area (Å²) in [7, 11) is -4.26. The molecule has 0 aliphatic rings. The van der Waals surface area contributed by atoms with Gasteiger partial charge in [-0.1, -0.05) is 41.9 Å². The van der Waals surface area contributed by atoms with E-state index in [-0.39, 0.29) is 9.90 Å². The summed E-state index contributed by atoms with van der Waals surface area (Å²) in [4.78, 5) is 28.6. The van der Waals surface area contributed by atoms with Crippen molar-refractivity contribution in [2.75, 3.05) is 0 Å². The van der Waals surface area contributed by atoms with Crippen molar-refractivity contribution in [1.29, 1.82) is 0 Å². The molecule has 0 saturated heterocycles. The molecule has 29 heavy (non-hydrogen) atoms. The van der Waals surface area contributed by atoms with Gasteiger partial charge in [0, 0.05) is 11.6 Å². The smallest absolute Gasteiger partial charge is 0.273 e. The summed E-state index contributed by atoms with van der Waals surface area (Å²) in [6.07, 6.45) is 0. The van der Waals surface area contributed by atoms with E-state index in [2.05, 4.69) is 10.4 Å². The molecule has 3 rings (SSSR count). The Morgan fingerprint density at radius 2 is 1.90 bits per heavy atom. The molecule has 150 valence electrons. The summed E-state index contributed by atoms with van der Waals surface area (Å²) in [6.45, 7) is 1.63. The van der Waals surface area contributed by atoms with Crippen LogP contribution in [0.4, 0.5) is 5.69 Å². The maximum atomic E-state index is 12.4. The highest BCUT2D eigenvalue weighted by molar-refractivity contribution is 7.89. The van der Waals surface area contributed by atoms with Crippen LogP contribution in [0.1, 0.15) is 15.4 Å². The van der Waals surface area contributed by atoms with Gasteiger partial charge in [0.1, 0.15) is 14.9 Å². The number of aromatic nitrogens is 1. The highest BCUT2D eigenvalue weighted by Crippen LogP contribution is 2.28. The lowest BCUT2D eigenvalue weighted by Gasteiger charge is -2.08. The number of hydrogen-bond donors (Lipinski definition) is 2. The van der Waals surface area contributed by atoms with E-state index in [1.807, 2.05) is 35.2 Å². The van der Waals surface area contributed by atoms with E-state index >= 15 is 0 Å². The summed E-state index contributed by atoms with van der Waals surface area (Å²) in [6, 6.07) is 12.2. The molecule has 0 aliphatic heterocycles. The molecule has 9 nitrogen and oxygen atoms in total. The first-order chi connectivity index (χ1) is 13.7. The van der Waals surface area contributed by atoms with E-state index < -0.39 is 31.4 Å². The van der Waals surface area contributed by atoms with Gasteiger partial charge in [-0.15, -0.1) is 16.2 Å². The fourth-order valence-corrected chi connectivity index (χ4v) is 4.35. The number of amides is 1. The predicted octanol–water partition coefficient (Wildman–Crippen LogP) is 3.30. The molecule has 1 amide bonds. The molecule has 3 aromatic rings. The molecule has 12 heteroatoms. The zero-order valence-electron chi connectivity index (χ0n) is 14.7. The van der Waals surface area contributed by atoms with Crippen molar-refractivity contribution in [2.45, 2.75) is 11.8 Å². The Balaban J connectivity index is 1.78. The van der Waals surface area contributed by atoms with E-state index in [9.17, 15) is 23.3 Å². The molecule has 0 aliphatic carbocycles. The van der Waals surface area contributed by atoms with Gasteiger partial charge in [0.15, 0.2) is 0 Å². The second-order valence-electron chi connectivity index (χ2n) is 5.73. The number of halogens is 1. The molecule has 0 unspecified atom stereocenters. The third kappa shape index (κ3) is 4.59. The van der Waals surface area contributed by atoms with Gasteiger partial charge in [-0.25, -0.2) is 13.4 Å². The van der Waals surface area contributed by atoms with Gasteiger partial charge >= 0.3 is 0 Å². The third-order valence-corrected chi connectivity index (χ3v) is 6.52. The van der Waals surface area contributed by atoms with E-state index in [0.717, 1.165) is 35.1 Å². The summed E-state index contributed by atoms with van der Waals surface area (Å²) in [5, 5.41) is 11.4. The first-order valence-electron chi connectivity index (χ1n) is 7.98. The van der Waals surface area contributed by atoms with E-state index in [1.54, 1.807) is 6.92 Å². The molecule has 2 aromatic carbocycles. The molecule has 1 aromatic heterocycles. The summed E-state index contributed by atoms with van der Waals surface area (Å²) in [5.74, 6) is -0.700. The second-order valence-corrected chi connectivity index (χ2v) is 8.82. The van der Waals surface area contributed by atoms with Crippen LogP contribution in [0.25, 0.3) is 10.6 Å². The van der Waals surface area contributed by atoms with Crippen molar-refractivity contribution in [3.05, 3.63) is 74.2 Å². The fourth-order valence-electron chi connectivity index (χ4n) is 2.34. The van der Waals surface area contributed by atoms with Crippen LogP contribution in [0.3, 0.4) is 0 Å². The summed E-state index contributed by atoms with van der Waals surface area (Å²) < 4.78 is 24.7. The molecule has 0 spiro atoms. The van der Waals surface area contributed by atoms with Crippen LogP contribution in [-0.4, -0.2) is 24.2 Å². The number of aryl methyl sites for hydroxylation is 1. The maximum Gasteiger partial charge on any atom is 0.289 e. The number of carbonyl (C=O) groups is 1. The molecule has 0 bridgehead atoms. The van der Waals surface area contributed by atoms with Crippen LogP contribution < -0.4 is 10.3 Å². The van der Waals surface area contributed by atoms with Gasteiger partial charge in [-0.05, 0) is 19.1 Å². The number of nitro groups is 1. The largest absolute Gasteiger partial charge is 0.289 e. The number of thiazole rings is 1. The lowest BCUT2D eigenvalue weighted by Crippen LogP contribution is -2.41. The SMILES string of the molecule is Cc1nc(-c2ccccc2)sc1C(=O)NNS(=O)(=O)c1ccc(Cl)c([N+](=O)[O-])c1. The van der Waals surface area contributed by atoms with E-state index in [0.29, 0.717) is 10.7 Å². The van der Waals surface area contributed by atoms with Crippen molar-refractivity contribution in [1.82, 2.24) is 15.2 Å². The molecule has 0 fully saturated rings. The number of nitrogens with one attached hydrogen (secondary N) is 2. The molecular weight excluding hydrogens is 440 g/mol. The lowest BCUT2D eigenvalue weighted by molar-refractivity contribution is -0.384. The molecule has 0 radical (unpaired) electrons.